The fourth-order valence-corrected chi connectivity index (χ4v) is 4.56. The number of sulfonamides is 1. The van der Waals surface area contributed by atoms with Gasteiger partial charge in [-0.15, -0.1) is 0 Å². The number of nitrogens with zero attached hydrogens (tertiary/aromatic N) is 2. The summed E-state index contributed by atoms with van der Waals surface area (Å²) in [5.41, 5.74) is 5.50. The van der Waals surface area contributed by atoms with Crippen molar-refractivity contribution in [1.29, 1.82) is 0 Å². The quantitative estimate of drug-likeness (QED) is 0.616. The highest BCUT2D eigenvalue weighted by atomic mass is 32.2. The number of fused-ring (bicyclic) bond motifs is 1. The van der Waals surface area contributed by atoms with Crippen molar-refractivity contribution in [3.63, 3.8) is 0 Å². The molecule has 31 heavy (non-hydrogen) atoms. The molecule has 8 heteroatoms. The summed E-state index contributed by atoms with van der Waals surface area (Å²) in [5.74, 6) is -0.0652. The Labute approximate surface area is 182 Å². The molecular weight excluding hydrogens is 412 g/mol. The van der Waals surface area contributed by atoms with Crippen molar-refractivity contribution in [2.75, 3.05) is 25.9 Å². The molecule has 0 saturated carbocycles. The summed E-state index contributed by atoms with van der Waals surface area (Å²) in [7, 11) is -3.18. The van der Waals surface area contributed by atoms with Crippen LogP contribution in [0.4, 0.5) is 0 Å². The molecule has 2 aromatic heterocycles. The molecule has 0 radical (unpaired) electrons. The van der Waals surface area contributed by atoms with Gasteiger partial charge in [0, 0.05) is 42.5 Å². The SMILES string of the molecule is CCCNC(=O)c1ccc(-c2ccnc3[nH]c(C4=CCN(S(C)(=O)=O)CC4)cc23)cc1. The lowest BCUT2D eigenvalue weighted by Crippen LogP contribution is -2.33. The van der Waals surface area contributed by atoms with E-state index in [2.05, 4.69) is 21.4 Å². The van der Waals surface area contributed by atoms with Gasteiger partial charge >= 0.3 is 0 Å². The number of hydrogen-bond donors (Lipinski definition) is 2. The minimum Gasteiger partial charge on any atom is -0.352 e. The summed E-state index contributed by atoms with van der Waals surface area (Å²) < 4.78 is 25.0. The average molecular weight is 439 g/mol. The van der Waals surface area contributed by atoms with Crippen molar-refractivity contribution >= 4 is 32.5 Å². The average Bonchev–Trinajstić information content (AvgIpc) is 3.21. The predicted molar refractivity (Wildman–Crippen MR) is 123 cm³/mol. The van der Waals surface area contributed by atoms with Crippen LogP contribution in [0.2, 0.25) is 0 Å². The second-order valence-electron chi connectivity index (χ2n) is 7.74. The van der Waals surface area contributed by atoms with Crippen molar-refractivity contribution in [2.24, 2.45) is 0 Å². The Kier molecular flexibility index (Phi) is 5.93. The zero-order chi connectivity index (χ0) is 22.0. The van der Waals surface area contributed by atoms with Gasteiger partial charge in [-0.2, -0.15) is 4.31 Å². The second kappa shape index (κ2) is 8.64. The lowest BCUT2D eigenvalue weighted by atomic mass is 10.0. The van der Waals surface area contributed by atoms with Crippen LogP contribution in [0.1, 0.15) is 35.8 Å². The van der Waals surface area contributed by atoms with Gasteiger partial charge in [0.2, 0.25) is 10.0 Å². The smallest absolute Gasteiger partial charge is 0.251 e. The third-order valence-electron chi connectivity index (χ3n) is 5.51. The zero-order valence-electron chi connectivity index (χ0n) is 17.7. The zero-order valence-corrected chi connectivity index (χ0v) is 18.5. The van der Waals surface area contributed by atoms with E-state index in [4.69, 9.17) is 0 Å². The summed E-state index contributed by atoms with van der Waals surface area (Å²) in [4.78, 5) is 20.0. The summed E-state index contributed by atoms with van der Waals surface area (Å²) in [6.45, 7) is 3.54. The first-order valence-corrected chi connectivity index (χ1v) is 12.2. The molecule has 3 aromatic rings. The number of amides is 1. The number of rotatable bonds is 6. The topological polar surface area (TPSA) is 95.2 Å². The van der Waals surface area contributed by atoms with Gasteiger partial charge in [-0.1, -0.05) is 25.1 Å². The van der Waals surface area contributed by atoms with E-state index in [1.807, 2.05) is 43.3 Å². The van der Waals surface area contributed by atoms with Crippen LogP contribution in [0.5, 0.6) is 0 Å². The Balaban J connectivity index is 1.62. The normalized spacial score (nSPS) is 15.1. The largest absolute Gasteiger partial charge is 0.352 e. The minimum atomic E-state index is -3.18. The van der Waals surface area contributed by atoms with E-state index in [-0.39, 0.29) is 5.91 Å². The van der Waals surface area contributed by atoms with Gasteiger partial charge in [-0.05, 0) is 53.8 Å². The Morgan fingerprint density at radius 3 is 2.65 bits per heavy atom. The van der Waals surface area contributed by atoms with Crippen LogP contribution in [0.15, 0.2) is 48.7 Å². The van der Waals surface area contributed by atoms with E-state index < -0.39 is 10.0 Å². The van der Waals surface area contributed by atoms with Gasteiger partial charge in [0.05, 0.1) is 6.26 Å². The number of carbonyl (C=O) groups excluding carboxylic acids is 1. The molecule has 162 valence electrons. The number of pyridine rings is 1. The van der Waals surface area contributed by atoms with E-state index in [0.717, 1.165) is 39.8 Å². The number of carbonyl (C=O) groups is 1. The number of hydrogen-bond acceptors (Lipinski definition) is 4. The van der Waals surface area contributed by atoms with Crippen LogP contribution in [-0.4, -0.2) is 54.5 Å². The van der Waals surface area contributed by atoms with Gasteiger partial charge in [-0.25, -0.2) is 13.4 Å². The molecule has 0 spiro atoms. The lowest BCUT2D eigenvalue weighted by Gasteiger charge is -2.23. The summed E-state index contributed by atoms with van der Waals surface area (Å²) >= 11 is 0. The van der Waals surface area contributed by atoms with Crippen LogP contribution < -0.4 is 5.32 Å². The summed E-state index contributed by atoms with van der Waals surface area (Å²) in [6.07, 6.45) is 6.51. The maximum atomic E-state index is 12.2. The fraction of sp³-hybridized carbons (Fsp3) is 0.304. The minimum absolute atomic E-state index is 0.0652. The standard InChI is InChI=1S/C23H26N4O3S/c1-3-11-25-23(28)18-6-4-16(5-7-18)19-8-12-24-22-20(19)15-21(26-22)17-9-13-27(14-10-17)31(2,29)30/h4-9,12,15H,3,10-11,13-14H2,1-2H3,(H,24,26)(H,25,28). The number of H-pyrrole nitrogens is 1. The maximum absolute atomic E-state index is 12.2. The fourth-order valence-electron chi connectivity index (χ4n) is 3.79. The number of aromatic amines is 1. The Morgan fingerprint density at radius 2 is 2.00 bits per heavy atom. The van der Waals surface area contributed by atoms with Gasteiger partial charge < -0.3 is 10.3 Å². The van der Waals surface area contributed by atoms with Crippen molar-refractivity contribution in [3.8, 4) is 11.1 Å². The highest BCUT2D eigenvalue weighted by molar-refractivity contribution is 7.88. The monoisotopic (exact) mass is 438 g/mol. The first-order valence-electron chi connectivity index (χ1n) is 10.4. The lowest BCUT2D eigenvalue weighted by molar-refractivity contribution is 0.0953. The van der Waals surface area contributed by atoms with E-state index >= 15 is 0 Å². The predicted octanol–water partition coefficient (Wildman–Crippen LogP) is 3.42. The molecule has 0 saturated heterocycles. The number of nitrogens with one attached hydrogen (secondary N) is 2. The third kappa shape index (κ3) is 4.55. The summed E-state index contributed by atoms with van der Waals surface area (Å²) in [5, 5.41) is 3.88. The van der Waals surface area contributed by atoms with Crippen molar-refractivity contribution in [1.82, 2.24) is 19.6 Å². The number of aromatic nitrogens is 2. The van der Waals surface area contributed by atoms with Crippen molar-refractivity contribution in [3.05, 3.63) is 59.9 Å². The van der Waals surface area contributed by atoms with E-state index in [1.165, 1.54) is 10.6 Å². The summed E-state index contributed by atoms with van der Waals surface area (Å²) in [6, 6.07) is 11.6. The molecule has 0 atom stereocenters. The van der Waals surface area contributed by atoms with Crippen molar-refractivity contribution in [2.45, 2.75) is 19.8 Å². The van der Waals surface area contributed by atoms with Gasteiger partial charge in [-0.3, -0.25) is 4.79 Å². The Morgan fingerprint density at radius 1 is 1.23 bits per heavy atom. The first-order chi connectivity index (χ1) is 14.9. The number of benzene rings is 1. The van der Waals surface area contributed by atoms with Gasteiger partial charge in [0.25, 0.3) is 5.91 Å². The Hall–Kier alpha value is -2.97. The molecule has 1 amide bonds. The van der Waals surface area contributed by atoms with Crippen LogP contribution >= 0.6 is 0 Å². The second-order valence-corrected chi connectivity index (χ2v) is 9.72. The van der Waals surface area contributed by atoms with Crippen LogP contribution in [0, 0.1) is 0 Å². The van der Waals surface area contributed by atoms with Gasteiger partial charge in [0.1, 0.15) is 5.65 Å². The van der Waals surface area contributed by atoms with Crippen molar-refractivity contribution < 1.29 is 13.2 Å². The molecule has 1 aromatic carbocycles. The van der Waals surface area contributed by atoms with E-state index in [0.29, 0.717) is 31.6 Å². The van der Waals surface area contributed by atoms with E-state index in [9.17, 15) is 13.2 Å². The van der Waals surface area contributed by atoms with E-state index in [1.54, 1.807) is 6.20 Å². The highest BCUT2D eigenvalue weighted by Crippen LogP contribution is 2.31. The maximum Gasteiger partial charge on any atom is 0.251 e. The third-order valence-corrected chi connectivity index (χ3v) is 6.78. The Bertz CT molecular complexity index is 1240. The molecule has 1 aliphatic heterocycles. The van der Waals surface area contributed by atoms with Crippen LogP contribution in [-0.2, 0) is 10.0 Å². The molecule has 2 N–H and O–H groups in total. The molecule has 0 bridgehead atoms. The van der Waals surface area contributed by atoms with Crippen LogP contribution in [0.25, 0.3) is 27.7 Å². The molecular formula is C23H26N4O3S. The first kappa shape index (κ1) is 21.3. The molecule has 0 aliphatic carbocycles. The molecule has 0 fully saturated rings. The molecule has 4 rings (SSSR count). The van der Waals surface area contributed by atoms with Gasteiger partial charge in [0.15, 0.2) is 0 Å². The molecule has 0 unspecified atom stereocenters. The molecule has 7 nitrogen and oxygen atoms in total. The van der Waals surface area contributed by atoms with Crippen LogP contribution in [0.3, 0.4) is 0 Å². The molecule has 1 aliphatic rings. The molecule has 3 heterocycles. The highest BCUT2D eigenvalue weighted by Gasteiger charge is 2.21.